The van der Waals surface area contributed by atoms with Crippen molar-refractivity contribution < 1.29 is 9.13 Å². The van der Waals surface area contributed by atoms with Crippen LogP contribution in [0.15, 0.2) is 18.2 Å². The van der Waals surface area contributed by atoms with Crippen molar-refractivity contribution in [1.29, 1.82) is 0 Å². The number of halogens is 2. The first-order chi connectivity index (χ1) is 8.22. The molecule has 2 rings (SSSR count). The van der Waals surface area contributed by atoms with E-state index in [2.05, 4.69) is 4.90 Å². The molecule has 5 heteroatoms. The number of hydrogen-bond donors (Lipinski definition) is 1. The Morgan fingerprint density at radius 1 is 1.53 bits per heavy atom. The quantitative estimate of drug-likeness (QED) is 0.896. The van der Waals surface area contributed by atoms with Crippen molar-refractivity contribution in [2.24, 2.45) is 5.73 Å². The molecule has 1 unspecified atom stereocenters. The summed E-state index contributed by atoms with van der Waals surface area (Å²) in [5.74, 6) is -0.337. The van der Waals surface area contributed by atoms with Crippen molar-refractivity contribution >= 4 is 11.6 Å². The van der Waals surface area contributed by atoms with Crippen LogP contribution in [-0.2, 0) is 11.3 Å². The highest BCUT2D eigenvalue weighted by Crippen LogP contribution is 2.20. The first-order valence-electron chi connectivity index (χ1n) is 5.67. The lowest BCUT2D eigenvalue weighted by Gasteiger charge is -2.34. The second kappa shape index (κ2) is 5.78. The van der Waals surface area contributed by atoms with Crippen molar-refractivity contribution in [3.63, 3.8) is 0 Å². The Balaban J connectivity index is 2.11. The number of hydrogen-bond acceptors (Lipinski definition) is 3. The fourth-order valence-corrected chi connectivity index (χ4v) is 2.20. The third kappa shape index (κ3) is 2.96. The van der Waals surface area contributed by atoms with E-state index in [0.717, 1.165) is 6.54 Å². The lowest BCUT2D eigenvalue weighted by molar-refractivity contribution is -0.00835. The third-order valence-corrected chi connectivity index (χ3v) is 3.32. The van der Waals surface area contributed by atoms with Crippen LogP contribution in [0.5, 0.6) is 0 Å². The van der Waals surface area contributed by atoms with Crippen molar-refractivity contribution in [1.82, 2.24) is 4.90 Å². The maximum atomic E-state index is 13.8. The van der Waals surface area contributed by atoms with E-state index in [1.807, 2.05) is 0 Å². The Bertz CT molecular complexity index is 389. The predicted molar refractivity (Wildman–Crippen MR) is 65.5 cm³/mol. The van der Waals surface area contributed by atoms with Crippen LogP contribution in [0.25, 0.3) is 0 Å². The summed E-state index contributed by atoms with van der Waals surface area (Å²) in [7, 11) is 0. The predicted octanol–water partition coefficient (Wildman–Crippen LogP) is 1.64. The first kappa shape index (κ1) is 12.8. The molecule has 0 aromatic heterocycles. The zero-order valence-electron chi connectivity index (χ0n) is 9.53. The van der Waals surface area contributed by atoms with Crippen LogP contribution in [-0.4, -0.2) is 37.2 Å². The van der Waals surface area contributed by atoms with Gasteiger partial charge in [0, 0.05) is 31.2 Å². The highest BCUT2D eigenvalue weighted by molar-refractivity contribution is 6.30. The Morgan fingerprint density at radius 3 is 3.12 bits per heavy atom. The highest BCUT2D eigenvalue weighted by Gasteiger charge is 2.22. The summed E-state index contributed by atoms with van der Waals surface area (Å²) in [5.41, 5.74) is 6.28. The van der Waals surface area contributed by atoms with E-state index in [4.69, 9.17) is 22.1 Å². The number of rotatable bonds is 3. The molecule has 1 aromatic rings. The van der Waals surface area contributed by atoms with Crippen molar-refractivity contribution in [3.05, 3.63) is 34.6 Å². The molecular weight excluding hydrogens is 243 g/mol. The van der Waals surface area contributed by atoms with Gasteiger partial charge in [-0.05, 0) is 6.07 Å². The van der Waals surface area contributed by atoms with Gasteiger partial charge in [-0.25, -0.2) is 4.39 Å². The lowest BCUT2D eigenvalue weighted by Crippen LogP contribution is -2.48. The fraction of sp³-hybridized carbons (Fsp3) is 0.500. The van der Waals surface area contributed by atoms with Gasteiger partial charge in [0.15, 0.2) is 0 Å². The fourth-order valence-electron chi connectivity index (χ4n) is 2.00. The smallest absolute Gasteiger partial charge is 0.146 e. The summed E-state index contributed by atoms with van der Waals surface area (Å²) >= 11 is 5.76. The van der Waals surface area contributed by atoms with E-state index < -0.39 is 0 Å². The molecule has 1 fully saturated rings. The van der Waals surface area contributed by atoms with Gasteiger partial charge < -0.3 is 10.5 Å². The van der Waals surface area contributed by atoms with Gasteiger partial charge in [-0.2, -0.15) is 0 Å². The van der Waals surface area contributed by atoms with Crippen LogP contribution in [0.4, 0.5) is 4.39 Å². The van der Waals surface area contributed by atoms with Crippen LogP contribution in [0.2, 0.25) is 5.02 Å². The molecule has 1 saturated heterocycles. The Morgan fingerprint density at radius 2 is 2.35 bits per heavy atom. The molecule has 1 aliphatic rings. The van der Waals surface area contributed by atoms with E-state index in [1.165, 1.54) is 0 Å². The largest absolute Gasteiger partial charge is 0.378 e. The zero-order valence-corrected chi connectivity index (χ0v) is 10.3. The molecule has 0 spiro atoms. The molecule has 3 nitrogen and oxygen atoms in total. The number of morpholine rings is 1. The molecule has 0 aliphatic carbocycles. The Kier molecular flexibility index (Phi) is 4.34. The molecule has 1 heterocycles. The minimum atomic E-state index is -0.337. The standard InChI is InChI=1S/C12H16ClFN2O/c13-11-3-1-2-9(12(11)14)7-16-4-5-17-8-10(16)6-15/h1-3,10H,4-8,15H2. The minimum Gasteiger partial charge on any atom is -0.378 e. The normalized spacial score (nSPS) is 21.7. The first-order valence-corrected chi connectivity index (χ1v) is 6.05. The summed E-state index contributed by atoms with van der Waals surface area (Å²) in [6, 6.07) is 5.23. The van der Waals surface area contributed by atoms with E-state index in [9.17, 15) is 4.39 Å². The molecule has 0 bridgehead atoms. The molecule has 0 saturated carbocycles. The van der Waals surface area contributed by atoms with E-state index in [0.29, 0.717) is 31.9 Å². The molecule has 1 aliphatic heterocycles. The summed E-state index contributed by atoms with van der Waals surface area (Å²) in [6.07, 6.45) is 0. The highest BCUT2D eigenvalue weighted by atomic mass is 35.5. The summed E-state index contributed by atoms with van der Waals surface area (Å²) < 4.78 is 19.1. The van der Waals surface area contributed by atoms with Gasteiger partial charge in [-0.3, -0.25) is 4.90 Å². The Labute approximate surface area is 105 Å². The summed E-state index contributed by atoms with van der Waals surface area (Å²) in [5, 5.41) is 0.167. The van der Waals surface area contributed by atoms with E-state index in [-0.39, 0.29) is 16.9 Å². The van der Waals surface area contributed by atoms with Crippen LogP contribution in [0, 0.1) is 5.82 Å². The van der Waals surface area contributed by atoms with E-state index in [1.54, 1.807) is 18.2 Å². The molecule has 94 valence electrons. The van der Waals surface area contributed by atoms with E-state index >= 15 is 0 Å². The van der Waals surface area contributed by atoms with Gasteiger partial charge in [0.2, 0.25) is 0 Å². The van der Waals surface area contributed by atoms with Gasteiger partial charge in [0.1, 0.15) is 5.82 Å². The molecule has 0 radical (unpaired) electrons. The monoisotopic (exact) mass is 258 g/mol. The molecule has 17 heavy (non-hydrogen) atoms. The second-order valence-corrected chi connectivity index (χ2v) is 4.56. The van der Waals surface area contributed by atoms with Crippen LogP contribution >= 0.6 is 11.6 Å². The molecule has 0 amide bonds. The SMILES string of the molecule is NCC1COCCN1Cc1cccc(Cl)c1F. The van der Waals surface area contributed by atoms with Crippen LogP contribution < -0.4 is 5.73 Å². The van der Waals surface area contributed by atoms with Gasteiger partial charge in [0.25, 0.3) is 0 Å². The van der Waals surface area contributed by atoms with Gasteiger partial charge in [-0.15, -0.1) is 0 Å². The average Bonchev–Trinajstić information content (AvgIpc) is 2.35. The van der Waals surface area contributed by atoms with Gasteiger partial charge >= 0.3 is 0 Å². The van der Waals surface area contributed by atoms with Crippen molar-refractivity contribution in [2.75, 3.05) is 26.3 Å². The minimum absolute atomic E-state index is 0.155. The van der Waals surface area contributed by atoms with Crippen LogP contribution in [0.3, 0.4) is 0 Å². The van der Waals surface area contributed by atoms with Gasteiger partial charge in [-0.1, -0.05) is 23.7 Å². The Hall–Kier alpha value is -0.680. The average molecular weight is 259 g/mol. The summed E-state index contributed by atoms with van der Waals surface area (Å²) in [6.45, 7) is 3.09. The lowest BCUT2D eigenvalue weighted by atomic mass is 10.1. The maximum absolute atomic E-state index is 13.8. The van der Waals surface area contributed by atoms with Crippen LogP contribution in [0.1, 0.15) is 5.56 Å². The number of nitrogens with two attached hydrogens (primary N) is 1. The molecule has 2 N–H and O–H groups in total. The van der Waals surface area contributed by atoms with Crippen molar-refractivity contribution in [3.8, 4) is 0 Å². The molecule has 1 aromatic carbocycles. The van der Waals surface area contributed by atoms with Gasteiger partial charge in [0.05, 0.1) is 18.2 Å². The molecular formula is C12H16ClFN2O. The second-order valence-electron chi connectivity index (χ2n) is 4.15. The zero-order chi connectivity index (χ0) is 12.3. The number of nitrogens with zero attached hydrogens (tertiary/aromatic N) is 1. The number of ether oxygens (including phenoxy) is 1. The molecule has 1 atom stereocenters. The number of benzene rings is 1. The third-order valence-electron chi connectivity index (χ3n) is 3.03. The summed E-state index contributed by atoms with van der Waals surface area (Å²) in [4.78, 5) is 2.14. The maximum Gasteiger partial charge on any atom is 0.146 e. The van der Waals surface area contributed by atoms with Crippen molar-refractivity contribution in [2.45, 2.75) is 12.6 Å². The topological polar surface area (TPSA) is 38.5 Å².